The molecule has 1 fully saturated rings. The quantitative estimate of drug-likeness (QED) is 0.465. The summed E-state index contributed by atoms with van der Waals surface area (Å²) in [5.41, 5.74) is 0. The molecule has 1 aliphatic rings. The summed E-state index contributed by atoms with van der Waals surface area (Å²) in [5.74, 6) is 0. The van der Waals surface area contributed by atoms with E-state index >= 15 is 0 Å². The van der Waals surface area contributed by atoms with E-state index < -0.39 is 12.2 Å². The summed E-state index contributed by atoms with van der Waals surface area (Å²) in [6.45, 7) is 0. The first-order chi connectivity index (χ1) is 4.75. The molecule has 0 saturated heterocycles. The molecule has 10 heavy (non-hydrogen) atoms. The third-order valence-electron chi connectivity index (χ3n) is 2.19. The molecule has 3 atom stereocenters. The molecule has 1 rings (SSSR count). The normalized spacial score (nSPS) is 41.7. The minimum atomic E-state index is -0.571. The fourth-order valence-corrected chi connectivity index (χ4v) is 1.47. The van der Waals surface area contributed by atoms with Crippen LogP contribution in [0, 0.1) is 0 Å². The number of aliphatic hydroxyl groups excluding tert-OH is 2. The van der Waals surface area contributed by atoms with E-state index in [1.54, 1.807) is 0 Å². The first-order valence-corrected chi connectivity index (χ1v) is 3.79. The van der Waals surface area contributed by atoms with Gasteiger partial charge in [0.1, 0.15) is 0 Å². The smallest absolute Gasteiger partial charge is 0.0951 e. The maximum Gasteiger partial charge on any atom is 0.0951 e. The van der Waals surface area contributed by atoms with E-state index in [1.165, 1.54) is 0 Å². The van der Waals surface area contributed by atoms with Crippen molar-refractivity contribution < 1.29 is 10.2 Å². The molecule has 3 nitrogen and oxygen atoms in total. The highest BCUT2D eigenvalue weighted by Crippen LogP contribution is 2.18. The van der Waals surface area contributed by atoms with Gasteiger partial charge in [0.25, 0.3) is 0 Å². The number of aliphatic hydroxyl groups is 2. The molecule has 0 aromatic carbocycles. The predicted molar refractivity (Wildman–Crippen MR) is 38.7 cm³/mol. The van der Waals surface area contributed by atoms with Gasteiger partial charge in [-0.3, -0.25) is 0 Å². The number of hydrogen-bond donors (Lipinski definition) is 3. The van der Waals surface area contributed by atoms with Gasteiger partial charge in [-0.2, -0.15) is 0 Å². The Morgan fingerprint density at radius 2 is 2.00 bits per heavy atom. The first-order valence-electron chi connectivity index (χ1n) is 3.79. The van der Waals surface area contributed by atoms with Gasteiger partial charge < -0.3 is 15.5 Å². The van der Waals surface area contributed by atoms with Gasteiger partial charge in [0.05, 0.1) is 12.2 Å². The van der Waals surface area contributed by atoms with Crippen molar-refractivity contribution in [1.29, 1.82) is 0 Å². The van der Waals surface area contributed by atoms with Gasteiger partial charge in [-0.1, -0.05) is 0 Å². The molecule has 60 valence electrons. The van der Waals surface area contributed by atoms with Gasteiger partial charge in [-0.25, -0.2) is 0 Å². The summed E-state index contributed by atoms with van der Waals surface area (Å²) in [6.07, 6.45) is 1.61. The van der Waals surface area contributed by atoms with E-state index in [-0.39, 0.29) is 6.04 Å². The van der Waals surface area contributed by atoms with E-state index in [9.17, 15) is 10.2 Å². The molecule has 0 aliphatic heterocycles. The Morgan fingerprint density at radius 1 is 1.30 bits per heavy atom. The summed E-state index contributed by atoms with van der Waals surface area (Å²) in [4.78, 5) is 0. The maximum atomic E-state index is 9.32. The number of rotatable bonds is 1. The lowest BCUT2D eigenvalue weighted by molar-refractivity contribution is -0.0276. The molecule has 0 spiro atoms. The lowest BCUT2D eigenvalue weighted by atomic mass is 9.90. The third kappa shape index (κ3) is 1.48. The van der Waals surface area contributed by atoms with Crippen LogP contribution in [-0.2, 0) is 0 Å². The molecule has 0 aromatic rings. The van der Waals surface area contributed by atoms with Crippen LogP contribution in [0.4, 0.5) is 0 Å². The van der Waals surface area contributed by atoms with Crippen LogP contribution < -0.4 is 5.32 Å². The van der Waals surface area contributed by atoms with Crippen molar-refractivity contribution in [2.24, 2.45) is 0 Å². The number of hydrogen-bond acceptors (Lipinski definition) is 3. The van der Waals surface area contributed by atoms with Crippen molar-refractivity contribution in [3.05, 3.63) is 0 Å². The van der Waals surface area contributed by atoms with Crippen LogP contribution in [0.25, 0.3) is 0 Å². The van der Waals surface area contributed by atoms with Crippen LogP contribution in [0.2, 0.25) is 0 Å². The van der Waals surface area contributed by atoms with Gasteiger partial charge in [-0.15, -0.1) is 0 Å². The largest absolute Gasteiger partial charge is 0.390 e. The van der Waals surface area contributed by atoms with E-state index in [0.29, 0.717) is 0 Å². The SMILES string of the molecule is CNC1CCCC(O)[C@@H]1O. The standard InChI is InChI=1S/C7H15NO2/c1-8-5-3-2-4-6(9)7(5)10/h5-10H,2-4H2,1H3/t5?,6?,7-/m1/s1. The van der Waals surface area contributed by atoms with Crippen LogP contribution >= 0.6 is 0 Å². The lowest BCUT2D eigenvalue weighted by Gasteiger charge is -2.31. The summed E-state index contributed by atoms with van der Waals surface area (Å²) >= 11 is 0. The first kappa shape index (κ1) is 7.98. The summed E-state index contributed by atoms with van der Waals surface area (Å²) < 4.78 is 0. The van der Waals surface area contributed by atoms with Crippen LogP contribution in [0.1, 0.15) is 19.3 Å². The van der Waals surface area contributed by atoms with Crippen LogP contribution in [0.3, 0.4) is 0 Å². The van der Waals surface area contributed by atoms with Crippen molar-refractivity contribution in [3.8, 4) is 0 Å². The van der Waals surface area contributed by atoms with Crippen molar-refractivity contribution in [3.63, 3.8) is 0 Å². The van der Waals surface area contributed by atoms with Gasteiger partial charge in [0, 0.05) is 6.04 Å². The van der Waals surface area contributed by atoms with Gasteiger partial charge in [0.2, 0.25) is 0 Å². The summed E-state index contributed by atoms with van der Waals surface area (Å²) in [5, 5.41) is 21.5. The molecule has 0 aromatic heterocycles. The molecule has 3 N–H and O–H groups in total. The zero-order chi connectivity index (χ0) is 7.56. The topological polar surface area (TPSA) is 52.5 Å². The van der Waals surface area contributed by atoms with Crippen LogP contribution in [0.15, 0.2) is 0 Å². The zero-order valence-electron chi connectivity index (χ0n) is 6.25. The second-order valence-electron chi connectivity index (χ2n) is 2.88. The molecular weight excluding hydrogens is 130 g/mol. The number of likely N-dealkylation sites (N-methyl/N-ethyl adjacent to an activating group) is 1. The van der Waals surface area contributed by atoms with Gasteiger partial charge in [0.15, 0.2) is 0 Å². The van der Waals surface area contributed by atoms with Crippen molar-refractivity contribution in [2.75, 3.05) is 7.05 Å². The van der Waals surface area contributed by atoms with E-state index in [4.69, 9.17) is 0 Å². The Morgan fingerprint density at radius 3 is 2.50 bits per heavy atom. The van der Waals surface area contributed by atoms with E-state index in [1.807, 2.05) is 7.05 Å². The average Bonchev–Trinajstić information content (AvgIpc) is 1.95. The Balaban J connectivity index is 2.42. The Kier molecular flexibility index (Phi) is 2.65. The van der Waals surface area contributed by atoms with Crippen LogP contribution in [0.5, 0.6) is 0 Å². The highest BCUT2D eigenvalue weighted by Gasteiger charge is 2.28. The predicted octanol–water partition coefficient (Wildman–Crippen LogP) is -0.520. The van der Waals surface area contributed by atoms with Crippen LogP contribution in [-0.4, -0.2) is 35.5 Å². The highest BCUT2D eigenvalue weighted by atomic mass is 16.3. The molecular formula is C7H15NO2. The van der Waals surface area contributed by atoms with E-state index in [2.05, 4.69) is 5.32 Å². The Bertz CT molecular complexity index is 108. The Labute approximate surface area is 61.1 Å². The molecule has 0 heterocycles. The molecule has 0 bridgehead atoms. The Hall–Kier alpha value is -0.120. The molecule has 0 radical (unpaired) electrons. The fraction of sp³-hybridized carbons (Fsp3) is 1.00. The second-order valence-corrected chi connectivity index (χ2v) is 2.88. The van der Waals surface area contributed by atoms with Crippen molar-refractivity contribution in [2.45, 2.75) is 37.5 Å². The minimum absolute atomic E-state index is 0.0868. The monoisotopic (exact) mass is 145 g/mol. The average molecular weight is 145 g/mol. The van der Waals surface area contributed by atoms with E-state index in [0.717, 1.165) is 19.3 Å². The lowest BCUT2D eigenvalue weighted by Crippen LogP contribution is -2.47. The molecule has 1 saturated carbocycles. The zero-order valence-corrected chi connectivity index (χ0v) is 6.25. The van der Waals surface area contributed by atoms with Gasteiger partial charge in [-0.05, 0) is 26.3 Å². The van der Waals surface area contributed by atoms with Gasteiger partial charge >= 0.3 is 0 Å². The molecule has 2 unspecified atom stereocenters. The summed E-state index contributed by atoms with van der Waals surface area (Å²) in [6, 6.07) is 0.0868. The van der Waals surface area contributed by atoms with Crippen molar-refractivity contribution in [1.82, 2.24) is 5.32 Å². The number of nitrogens with one attached hydrogen (secondary N) is 1. The van der Waals surface area contributed by atoms with Crippen molar-refractivity contribution >= 4 is 0 Å². The third-order valence-corrected chi connectivity index (χ3v) is 2.19. The highest BCUT2D eigenvalue weighted by molar-refractivity contribution is 4.85. The minimum Gasteiger partial charge on any atom is -0.390 e. The molecule has 3 heteroatoms. The fourth-order valence-electron chi connectivity index (χ4n) is 1.47. The molecule has 0 amide bonds. The maximum absolute atomic E-state index is 9.32. The molecule has 1 aliphatic carbocycles. The summed E-state index contributed by atoms with van der Waals surface area (Å²) in [7, 11) is 1.81. The second kappa shape index (κ2) is 3.32.